The number of hydrogen-bond donors (Lipinski definition) is 0. The first-order valence-electron chi connectivity index (χ1n) is 4.36. The molecular weight excluding hydrogens is 228 g/mol. The second-order valence-corrected chi connectivity index (χ2v) is 3.92. The Morgan fingerprint density at radius 3 is 2.85 bits per heavy atom. The fourth-order valence-corrected chi connectivity index (χ4v) is 1.64. The monoisotopic (exact) mass is 242 g/mol. The van der Waals surface area contributed by atoms with Gasteiger partial charge < -0.3 is 4.90 Å². The fraction of sp³-hybridized carbons (Fsp3) is 0.500. The van der Waals surface area contributed by atoms with Crippen LogP contribution in [0, 0.1) is 6.92 Å². The Morgan fingerprint density at radius 1 is 1.62 bits per heavy atom. The van der Waals surface area contributed by atoms with Crippen LogP contribution >= 0.6 is 15.9 Å². The van der Waals surface area contributed by atoms with Gasteiger partial charge in [0.25, 0.3) is 0 Å². The molecule has 0 bridgehead atoms. The second kappa shape index (κ2) is 4.61. The predicted molar refractivity (Wildman–Crippen MR) is 60.6 cm³/mol. The van der Waals surface area contributed by atoms with Gasteiger partial charge in [-0.3, -0.25) is 4.98 Å². The van der Waals surface area contributed by atoms with Gasteiger partial charge in [0.15, 0.2) is 0 Å². The van der Waals surface area contributed by atoms with Crippen LogP contribution in [0.15, 0.2) is 18.5 Å². The quantitative estimate of drug-likeness (QED) is 0.758. The topological polar surface area (TPSA) is 16.1 Å². The van der Waals surface area contributed by atoms with Crippen LogP contribution < -0.4 is 4.90 Å². The van der Waals surface area contributed by atoms with Crippen molar-refractivity contribution >= 4 is 21.6 Å². The van der Waals surface area contributed by atoms with Crippen molar-refractivity contribution in [3.63, 3.8) is 0 Å². The zero-order valence-corrected chi connectivity index (χ0v) is 9.87. The molecule has 0 aromatic carbocycles. The van der Waals surface area contributed by atoms with Crippen molar-refractivity contribution in [3.05, 3.63) is 24.0 Å². The van der Waals surface area contributed by atoms with Crippen LogP contribution in [0.1, 0.15) is 12.5 Å². The van der Waals surface area contributed by atoms with E-state index in [9.17, 15) is 0 Å². The molecule has 0 N–H and O–H groups in total. The number of pyridine rings is 1. The normalized spacial score (nSPS) is 12.6. The number of anilines is 1. The molecule has 0 fully saturated rings. The zero-order valence-electron chi connectivity index (χ0n) is 8.29. The van der Waals surface area contributed by atoms with Gasteiger partial charge in [0.05, 0.1) is 0 Å². The molecule has 0 aliphatic carbocycles. The van der Waals surface area contributed by atoms with E-state index in [2.05, 4.69) is 52.8 Å². The Bertz CT molecular complexity index is 275. The molecule has 0 radical (unpaired) electrons. The third-order valence-electron chi connectivity index (χ3n) is 2.26. The van der Waals surface area contributed by atoms with Gasteiger partial charge in [0.2, 0.25) is 0 Å². The van der Waals surface area contributed by atoms with Crippen molar-refractivity contribution in [2.24, 2.45) is 0 Å². The van der Waals surface area contributed by atoms with Crippen molar-refractivity contribution in [2.45, 2.75) is 19.9 Å². The molecule has 1 atom stereocenters. The number of halogens is 1. The van der Waals surface area contributed by atoms with Crippen LogP contribution in [0.2, 0.25) is 0 Å². The van der Waals surface area contributed by atoms with Gasteiger partial charge in [-0.05, 0) is 25.5 Å². The summed E-state index contributed by atoms with van der Waals surface area (Å²) in [4.78, 5) is 6.33. The minimum absolute atomic E-state index is 0.501. The van der Waals surface area contributed by atoms with Gasteiger partial charge in [0.1, 0.15) is 0 Å². The van der Waals surface area contributed by atoms with E-state index in [-0.39, 0.29) is 0 Å². The minimum atomic E-state index is 0.501. The Kier molecular flexibility index (Phi) is 3.72. The third kappa shape index (κ3) is 2.44. The van der Waals surface area contributed by atoms with E-state index in [1.54, 1.807) is 0 Å². The lowest BCUT2D eigenvalue weighted by Gasteiger charge is -2.26. The first-order valence-corrected chi connectivity index (χ1v) is 5.48. The minimum Gasteiger partial charge on any atom is -0.371 e. The highest BCUT2D eigenvalue weighted by Gasteiger charge is 2.09. The molecule has 0 spiro atoms. The van der Waals surface area contributed by atoms with Crippen LogP contribution in [0.5, 0.6) is 0 Å². The molecule has 1 unspecified atom stereocenters. The molecule has 0 saturated heterocycles. The van der Waals surface area contributed by atoms with E-state index in [0.29, 0.717) is 6.04 Å². The van der Waals surface area contributed by atoms with Crippen molar-refractivity contribution in [1.82, 2.24) is 4.98 Å². The van der Waals surface area contributed by atoms with E-state index < -0.39 is 0 Å². The van der Waals surface area contributed by atoms with Crippen molar-refractivity contribution in [2.75, 3.05) is 17.3 Å². The lowest BCUT2D eigenvalue weighted by Crippen LogP contribution is -2.30. The summed E-state index contributed by atoms with van der Waals surface area (Å²) in [5.41, 5.74) is 2.47. The highest BCUT2D eigenvalue weighted by Crippen LogP contribution is 2.19. The smallest absolute Gasteiger partial charge is 0.0426 e. The van der Waals surface area contributed by atoms with Crippen LogP contribution in [0.4, 0.5) is 5.69 Å². The lowest BCUT2D eigenvalue weighted by molar-refractivity contribution is 0.766. The highest BCUT2D eigenvalue weighted by atomic mass is 79.9. The Hall–Kier alpha value is -0.570. The average molecular weight is 243 g/mol. The lowest BCUT2D eigenvalue weighted by atomic mass is 10.2. The molecule has 0 aliphatic rings. The van der Waals surface area contributed by atoms with Gasteiger partial charge in [-0.15, -0.1) is 0 Å². The van der Waals surface area contributed by atoms with Crippen molar-refractivity contribution < 1.29 is 0 Å². The first-order chi connectivity index (χ1) is 6.16. The van der Waals surface area contributed by atoms with Crippen LogP contribution in [0.3, 0.4) is 0 Å². The van der Waals surface area contributed by atoms with Gasteiger partial charge in [0, 0.05) is 36.5 Å². The summed E-state index contributed by atoms with van der Waals surface area (Å²) in [6.45, 7) is 4.27. The summed E-state index contributed by atoms with van der Waals surface area (Å²) >= 11 is 3.48. The van der Waals surface area contributed by atoms with Crippen molar-refractivity contribution in [1.29, 1.82) is 0 Å². The summed E-state index contributed by atoms with van der Waals surface area (Å²) in [6, 6.07) is 2.55. The van der Waals surface area contributed by atoms with Gasteiger partial charge in [-0.1, -0.05) is 15.9 Å². The Morgan fingerprint density at radius 2 is 2.31 bits per heavy atom. The summed E-state index contributed by atoms with van der Waals surface area (Å²) in [5, 5.41) is 0.977. The molecule has 2 nitrogen and oxygen atoms in total. The standard InChI is InChI=1S/C10H15BrN2/c1-8-7-12-5-4-10(8)13(3)9(2)6-11/h4-5,7,9H,6H2,1-3H3. The first kappa shape index (κ1) is 10.5. The van der Waals surface area contributed by atoms with E-state index in [1.165, 1.54) is 11.3 Å². The SMILES string of the molecule is Cc1cnccc1N(C)C(C)CBr. The summed E-state index contributed by atoms with van der Waals surface area (Å²) in [5.74, 6) is 0. The second-order valence-electron chi connectivity index (χ2n) is 3.28. The zero-order chi connectivity index (χ0) is 9.84. The maximum atomic E-state index is 4.07. The molecule has 1 heterocycles. The van der Waals surface area contributed by atoms with Gasteiger partial charge in [-0.25, -0.2) is 0 Å². The molecular formula is C10H15BrN2. The number of aromatic nitrogens is 1. The maximum Gasteiger partial charge on any atom is 0.0426 e. The third-order valence-corrected chi connectivity index (χ3v) is 3.19. The molecule has 0 amide bonds. The number of alkyl halides is 1. The van der Waals surface area contributed by atoms with Gasteiger partial charge >= 0.3 is 0 Å². The molecule has 0 saturated carbocycles. The van der Waals surface area contributed by atoms with E-state index in [1.807, 2.05) is 12.4 Å². The van der Waals surface area contributed by atoms with Gasteiger partial charge in [-0.2, -0.15) is 0 Å². The number of aryl methyl sites for hydroxylation is 1. The average Bonchev–Trinajstić information content (AvgIpc) is 2.16. The molecule has 1 aromatic heterocycles. The molecule has 3 heteroatoms. The summed E-state index contributed by atoms with van der Waals surface area (Å²) < 4.78 is 0. The van der Waals surface area contributed by atoms with Crippen molar-refractivity contribution in [3.8, 4) is 0 Å². The molecule has 0 aliphatic heterocycles. The van der Waals surface area contributed by atoms with E-state index in [4.69, 9.17) is 0 Å². The molecule has 13 heavy (non-hydrogen) atoms. The largest absolute Gasteiger partial charge is 0.371 e. The van der Waals surface area contributed by atoms with E-state index in [0.717, 1.165) is 5.33 Å². The van der Waals surface area contributed by atoms with Crippen LogP contribution in [-0.4, -0.2) is 23.4 Å². The molecule has 1 aromatic rings. The highest BCUT2D eigenvalue weighted by molar-refractivity contribution is 9.09. The predicted octanol–water partition coefficient (Wildman–Crippen LogP) is 2.61. The molecule has 1 rings (SSSR count). The summed E-state index contributed by atoms with van der Waals surface area (Å²) in [7, 11) is 2.11. The number of rotatable bonds is 3. The van der Waals surface area contributed by atoms with Crippen LogP contribution in [-0.2, 0) is 0 Å². The number of hydrogen-bond acceptors (Lipinski definition) is 2. The Labute approximate surface area is 88.1 Å². The fourth-order valence-electron chi connectivity index (χ4n) is 1.20. The van der Waals surface area contributed by atoms with E-state index >= 15 is 0 Å². The van der Waals surface area contributed by atoms with Crippen LogP contribution in [0.25, 0.3) is 0 Å². The maximum absolute atomic E-state index is 4.07. The summed E-state index contributed by atoms with van der Waals surface area (Å²) in [6.07, 6.45) is 3.73. The molecule has 72 valence electrons. The number of nitrogens with zero attached hydrogens (tertiary/aromatic N) is 2. The Balaban J connectivity index is 2.88.